The number of phenols is 1. The summed E-state index contributed by atoms with van der Waals surface area (Å²) in [5, 5.41) is 18.8. The molecule has 1 aliphatic rings. The molecule has 0 radical (unpaired) electrons. The Labute approximate surface area is 156 Å². The predicted molar refractivity (Wildman–Crippen MR) is 102 cm³/mol. The van der Waals surface area contributed by atoms with Gasteiger partial charge in [-0.1, -0.05) is 48.5 Å². The van der Waals surface area contributed by atoms with Gasteiger partial charge in [-0.05, 0) is 46.0 Å². The third kappa shape index (κ3) is 2.57. The minimum absolute atomic E-state index is 0.151. The van der Waals surface area contributed by atoms with Crippen LogP contribution < -0.4 is 0 Å². The SMILES string of the molecule is [C-]#[N+]/C(C#N)=C1\C(=O)c2cc(-c3ccc(O)cc3)ccc2-c2ccccc21. The van der Waals surface area contributed by atoms with Crippen LogP contribution in [0.5, 0.6) is 5.75 Å². The van der Waals surface area contributed by atoms with Gasteiger partial charge in [0.25, 0.3) is 5.70 Å². The largest absolute Gasteiger partial charge is 0.508 e. The molecule has 1 aliphatic carbocycles. The molecule has 1 N–H and O–H groups in total. The minimum atomic E-state index is -0.322. The Morgan fingerprint density at radius 3 is 2.19 bits per heavy atom. The molecule has 0 bridgehead atoms. The molecule has 0 amide bonds. The van der Waals surface area contributed by atoms with Gasteiger partial charge in [-0.3, -0.25) is 4.79 Å². The van der Waals surface area contributed by atoms with Crippen molar-refractivity contribution in [2.45, 2.75) is 0 Å². The van der Waals surface area contributed by atoms with Gasteiger partial charge in [0.05, 0.1) is 12.6 Å². The second-order valence-corrected chi connectivity index (χ2v) is 6.13. The van der Waals surface area contributed by atoms with E-state index in [1.165, 1.54) is 0 Å². The number of aromatic hydroxyl groups is 1. The zero-order valence-electron chi connectivity index (χ0n) is 14.1. The van der Waals surface area contributed by atoms with Gasteiger partial charge in [0.1, 0.15) is 5.75 Å². The molecular weight excluding hydrogens is 336 g/mol. The molecule has 3 aromatic rings. The lowest BCUT2D eigenvalue weighted by Crippen LogP contribution is -2.13. The summed E-state index contributed by atoms with van der Waals surface area (Å²) >= 11 is 0. The molecule has 0 unspecified atom stereocenters. The summed E-state index contributed by atoms with van der Waals surface area (Å²) in [5.41, 5.74) is 4.32. The van der Waals surface area contributed by atoms with E-state index >= 15 is 0 Å². The van der Waals surface area contributed by atoms with Gasteiger partial charge in [0, 0.05) is 11.1 Å². The van der Waals surface area contributed by atoms with Gasteiger partial charge in [0.15, 0.2) is 5.78 Å². The normalized spacial score (nSPS) is 13.8. The Kier molecular flexibility index (Phi) is 3.81. The second-order valence-electron chi connectivity index (χ2n) is 6.13. The number of rotatable bonds is 1. The van der Waals surface area contributed by atoms with Crippen molar-refractivity contribution < 1.29 is 9.90 Å². The number of carbonyl (C=O) groups is 1. The maximum absolute atomic E-state index is 13.2. The van der Waals surface area contributed by atoms with Crippen molar-refractivity contribution in [1.29, 1.82) is 5.26 Å². The molecule has 0 aliphatic heterocycles. The fourth-order valence-corrected chi connectivity index (χ4v) is 3.37. The maximum atomic E-state index is 13.2. The summed E-state index contributed by atoms with van der Waals surface area (Å²) in [5.74, 6) is -0.153. The second kappa shape index (κ2) is 6.29. The Balaban J connectivity index is 1.99. The van der Waals surface area contributed by atoms with E-state index in [0.29, 0.717) is 11.1 Å². The van der Waals surface area contributed by atoms with E-state index < -0.39 is 0 Å². The van der Waals surface area contributed by atoms with Crippen LogP contribution in [0.15, 0.2) is 72.4 Å². The van der Waals surface area contributed by atoms with Crippen molar-refractivity contribution in [3.8, 4) is 34.1 Å². The van der Waals surface area contributed by atoms with Crippen LogP contribution in [0.4, 0.5) is 0 Å². The number of allylic oxidation sites excluding steroid dienone is 2. The number of phenolic OH excluding ortho intramolecular Hbond substituents is 1. The average molecular weight is 348 g/mol. The average Bonchev–Trinajstić information content (AvgIpc) is 2.71. The first-order valence-corrected chi connectivity index (χ1v) is 8.24. The highest BCUT2D eigenvalue weighted by Crippen LogP contribution is 2.42. The molecular formula is C23H12N2O2. The smallest absolute Gasteiger partial charge is 0.273 e. The van der Waals surface area contributed by atoms with Crippen molar-refractivity contribution in [3.05, 3.63) is 95.0 Å². The van der Waals surface area contributed by atoms with Crippen LogP contribution in [-0.2, 0) is 0 Å². The lowest BCUT2D eigenvalue weighted by atomic mass is 9.79. The standard InChI is InChI=1S/C23H12N2O2/c1-25-21(13-24)22-19-5-3-2-4-17(19)18-11-8-15(12-20(18)23(22)27)14-6-9-16(26)10-7-14/h2-12,26H/b22-21-. The molecule has 0 saturated carbocycles. The number of hydrogen-bond donors (Lipinski definition) is 1. The van der Waals surface area contributed by atoms with E-state index in [1.54, 1.807) is 42.5 Å². The van der Waals surface area contributed by atoms with E-state index in [2.05, 4.69) is 4.85 Å². The Morgan fingerprint density at radius 1 is 0.889 bits per heavy atom. The van der Waals surface area contributed by atoms with Gasteiger partial charge in [-0.25, -0.2) is 10.1 Å². The fourth-order valence-electron chi connectivity index (χ4n) is 3.37. The van der Waals surface area contributed by atoms with Gasteiger partial charge in [-0.15, -0.1) is 0 Å². The van der Waals surface area contributed by atoms with Gasteiger partial charge in [-0.2, -0.15) is 0 Å². The van der Waals surface area contributed by atoms with E-state index in [9.17, 15) is 15.2 Å². The Bertz CT molecular complexity index is 1190. The first kappa shape index (κ1) is 16.3. The number of benzene rings is 3. The van der Waals surface area contributed by atoms with Crippen LogP contribution in [0.1, 0.15) is 15.9 Å². The highest BCUT2D eigenvalue weighted by atomic mass is 16.3. The molecule has 4 rings (SSSR count). The number of fused-ring (bicyclic) bond motifs is 3. The monoisotopic (exact) mass is 348 g/mol. The molecule has 0 spiro atoms. The Hall–Kier alpha value is -4.15. The number of nitrogens with zero attached hydrogens (tertiary/aromatic N) is 2. The molecule has 3 aromatic carbocycles. The summed E-state index contributed by atoms with van der Waals surface area (Å²) in [6.45, 7) is 7.28. The number of Topliss-reactive ketones (excluding diaryl/α,β-unsaturated/α-hetero) is 1. The summed E-state index contributed by atoms with van der Waals surface area (Å²) < 4.78 is 0. The van der Waals surface area contributed by atoms with E-state index in [0.717, 1.165) is 22.3 Å². The summed E-state index contributed by atoms with van der Waals surface area (Å²) in [6.07, 6.45) is 0. The third-order valence-corrected chi connectivity index (χ3v) is 4.63. The zero-order valence-corrected chi connectivity index (χ0v) is 14.1. The summed E-state index contributed by atoms with van der Waals surface area (Å²) in [4.78, 5) is 16.4. The van der Waals surface area contributed by atoms with E-state index in [4.69, 9.17) is 6.57 Å². The molecule has 0 atom stereocenters. The molecule has 0 saturated heterocycles. The van der Waals surface area contributed by atoms with Crippen LogP contribution in [0, 0.1) is 17.9 Å². The van der Waals surface area contributed by atoms with Gasteiger partial charge >= 0.3 is 0 Å². The maximum Gasteiger partial charge on any atom is 0.273 e. The summed E-state index contributed by atoms with van der Waals surface area (Å²) in [7, 11) is 0. The number of nitriles is 1. The summed E-state index contributed by atoms with van der Waals surface area (Å²) in [6, 6.07) is 21.5. The number of ketones is 1. The molecule has 4 heteroatoms. The number of carbonyl (C=O) groups excluding carboxylic acids is 1. The Morgan fingerprint density at radius 2 is 1.52 bits per heavy atom. The molecule has 0 fully saturated rings. The minimum Gasteiger partial charge on any atom is -0.508 e. The van der Waals surface area contributed by atoms with Crippen LogP contribution in [0.3, 0.4) is 0 Å². The highest BCUT2D eigenvalue weighted by Gasteiger charge is 2.30. The quantitative estimate of drug-likeness (QED) is 0.379. The lowest BCUT2D eigenvalue weighted by Gasteiger charge is -2.22. The van der Waals surface area contributed by atoms with Crippen molar-refractivity contribution >= 4 is 11.4 Å². The van der Waals surface area contributed by atoms with Crippen molar-refractivity contribution in [3.63, 3.8) is 0 Å². The van der Waals surface area contributed by atoms with Gasteiger partial charge in [0.2, 0.25) is 0 Å². The predicted octanol–water partition coefficient (Wildman–Crippen LogP) is 5.08. The van der Waals surface area contributed by atoms with Crippen molar-refractivity contribution in [2.24, 2.45) is 0 Å². The number of hydrogen-bond acceptors (Lipinski definition) is 3. The molecule has 0 heterocycles. The highest BCUT2D eigenvalue weighted by molar-refractivity contribution is 6.35. The van der Waals surface area contributed by atoms with Crippen molar-refractivity contribution in [2.75, 3.05) is 0 Å². The van der Waals surface area contributed by atoms with Crippen molar-refractivity contribution in [1.82, 2.24) is 0 Å². The first-order chi connectivity index (χ1) is 13.1. The van der Waals surface area contributed by atoms with Gasteiger partial charge < -0.3 is 5.11 Å². The van der Waals surface area contributed by atoms with Crippen LogP contribution in [-0.4, -0.2) is 10.9 Å². The van der Waals surface area contributed by atoms with E-state index in [1.807, 2.05) is 30.3 Å². The molecule has 27 heavy (non-hydrogen) atoms. The molecule has 4 nitrogen and oxygen atoms in total. The fraction of sp³-hybridized carbons (Fsp3) is 0. The molecule has 126 valence electrons. The van der Waals surface area contributed by atoms with Crippen LogP contribution >= 0.6 is 0 Å². The lowest BCUT2D eigenvalue weighted by molar-refractivity contribution is 0.105. The topological polar surface area (TPSA) is 65.5 Å². The third-order valence-electron chi connectivity index (χ3n) is 4.63. The van der Waals surface area contributed by atoms with E-state index in [-0.39, 0.29) is 22.8 Å². The molecule has 0 aromatic heterocycles. The first-order valence-electron chi connectivity index (χ1n) is 8.24. The zero-order chi connectivity index (χ0) is 19.0. The van der Waals surface area contributed by atoms with Crippen LogP contribution in [0.2, 0.25) is 0 Å². The van der Waals surface area contributed by atoms with Crippen LogP contribution in [0.25, 0.3) is 32.7 Å².